The van der Waals surface area contributed by atoms with Gasteiger partial charge in [0, 0.05) is 11.6 Å². The van der Waals surface area contributed by atoms with Gasteiger partial charge in [-0.3, -0.25) is 0 Å². The molecule has 0 unspecified atom stereocenters. The van der Waals surface area contributed by atoms with Crippen LogP contribution in [-0.4, -0.2) is 6.54 Å². The molecule has 0 spiro atoms. The molecule has 0 bridgehead atoms. The highest BCUT2D eigenvalue weighted by Gasteiger charge is 2.01. The fraction of sp³-hybridized carbons (Fsp3) is 0.200. The van der Waals surface area contributed by atoms with Crippen LogP contribution in [0.5, 0.6) is 0 Å². The molecule has 1 N–H and O–H groups in total. The molecule has 0 atom stereocenters. The highest BCUT2D eigenvalue weighted by Crippen LogP contribution is 2.16. The van der Waals surface area contributed by atoms with E-state index >= 15 is 0 Å². The van der Waals surface area contributed by atoms with E-state index in [0.29, 0.717) is 11.6 Å². The molecule has 3 heteroatoms. The van der Waals surface area contributed by atoms with Gasteiger partial charge in [-0.25, -0.2) is 4.39 Å². The summed E-state index contributed by atoms with van der Waals surface area (Å²) in [6.45, 7) is 1.43. The minimum absolute atomic E-state index is 0.251. The van der Waals surface area contributed by atoms with Crippen molar-refractivity contribution in [2.75, 3.05) is 6.54 Å². The van der Waals surface area contributed by atoms with Gasteiger partial charge >= 0.3 is 0 Å². The summed E-state index contributed by atoms with van der Waals surface area (Å²) in [5.74, 6) is -0.251. The van der Waals surface area contributed by atoms with Crippen molar-refractivity contribution in [2.45, 2.75) is 13.0 Å². The van der Waals surface area contributed by atoms with Gasteiger partial charge < -0.3 is 5.32 Å². The maximum Gasteiger partial charge on any atom is 0.123 e. The molecule has 2 rings (SSSR count). The van der Waals surface area contributed by atoms with Crippen molar-refractivity contribution >= 4 is 11.6 Å². The lowest BCUT2D eigenvalue weighted by Crippen LogP contribution is -2.17. The van der Waals surface area contributed by atoms with Crippen LogP contribution in [0.25, 0.3) is 0 Å². The molecule has 0 aliphatic carbocycles. The van der Waals surface area contributed by atoms with Crippen molar-refractivity contribution in [2.24, 2.45) is 0 Å². The van der Waals surface area contributed by atoms with Crippen molar-refractivity contribution in [3.05, 3.63) is 70.5 Å². The maximum absolute atomic E-state index is 13.0. The second-order valence-corrected chi connectivity index (χ2v) is 4.56. The van der Waals surface area contributed by atoms with E-state index in [1.807, 2.05) is 18.2 Å². The van der Waals surface area contributed by atoms with Crippen LogP contribution in [0.3, 0.4) is 0 Å². The van der Waals surface area contributed by atoms with E-state index in [1.165, 1.54) is 17.7 Å². The van der Waals surface area contributed by atoms with E-state index in [9.17, 15) is 4.39 Å². The van der Waals surface area contributed by atoms with Crippen molar-refractivity contribution in [1.82, 2.24) is 5.32 Å². The molecule has 0 saturated heterocycles. The normalized spacial score (nSPS) is 10.6. The van der Waals surface area contributed by atoms with Crippen LogP contribution in [-0.2, 0) is 13.0 Å². The molecule has 0 aromatic heterocycles. The number of benzene rings is 2. The molecule has 0 saturated carbocycles. The van der Waals surface area contributed by atoms with Crippen molar-refractivity contribution in [3.8, 4) is 0 Å². The Morgan fingerprint density at radius 1 is 1.06 bits per heavy atom. The predicted molar refractivity (Wildman–Crippen MR) is 73.3 cm³/mol. The van der Waals surface area contributed by atoms with Gasteiger partial charge in [-0.15, -0.1) is 0 Å². The third kappa shape index (κ3) is 3.83. The zero-order chi connectivity index (χ0) is 12.8. The van der Waals surface area contributed by atoms with Crippen LogP contribution >= 0.6 is 11.6 Å². The van der Waals surface area contributed by atoms with E-state index < -0.39 is 0 Å². The van der Waals surface area contributed by atoms with Gasteiger partial charge in [0.1, 0.15) is 5.82 Å². The molecule has 0 amide bonds. The Labute approximate surface area is 112 Å². The number of nitrogens with one attached hydrogen (secondary N) is 1. The van der Waals surface area contributed by atoms with Gasteiger partial charge in [0.05, 0.1) is 0 Å². The summed E-state index contributed by atoms with van der Waals surface area (Å²) in [6, 6.07) is 14.7. The first-order valence-electron chi connectivity index (χ1n) is 5.94. The average Bonchev–Trinajstić information content (AvgIpc) is 2.40. The molecule has 2 aromatic rings. The number of hydrogen-bond acceptors (Lipinski definition) is 1. The van der Waals surface area contributed by atoms with Gasteiger partial charge in [-0.2, -0.15) is 0 Å². The topological polar surface area (TPSA) is 12.0 Å². The van der Waals surface area contributed by atoms with E-state index in [2.05, 4.69) is 17.4 Å². The summed E-state index contributed by atoms with van der Waals surface area (Å²) in [4.78, 5) is 0. The zero-order valence-corrected chi connectivity index (χ0v) is 10.8. The van der Waals surface area contributed by atoms with Crippen LogP contribution in [0.2, 0.25) is 5.02 Å². The number of hydrogen-bond donors (Lipinski definition) is 1. The second-order valence-electron chi connectivity index (χ2n) is 4.15. The minimum Gasteiger partial charge on any atom is -0.312 e. The van der Waals surface area contributed by atoms with Crippen LogP contribution in [0.1, 0.15) is 11.1 Å². The Morgan fingerprint density at radius 3 is 2.61 bits per heavy atom. The molecule has 0 aliphatic rings. The fourth-order valence-electron chi connectivity index (χ4n) is 1.78. The summed E-state index contributed by atoms with van der Waals surface area (Å²) < 4.78 is 13.0. The highest BCUT2D eigenvalue weighted by molar-refractivity contribution is 6.31. The molecule has 0 heterocycles. The first kappa shape index (κ1) is 13.1. The number of rotatable bonds is 5. The first-order chi connectivity index (χ1) is 8.75. The Kier molecular flexibility index (Phi) is 4.73. The largest absolute Gasteiger partial charge is 0.312 e. The summed E-state index contributed by atoms with van der Waals surface area (Å²) in [6.07, 6.45) is 0.952. The molecule has 2 aromatic carbocycles. The van der Waals surface area contributed by atoms with E-state index in [1.54, 1.807) is 6.07 Å². The SMILES string of the molecule is Fc1ccc(Cl)c(CNCCc2ccccc2)c1. The third-order valence-corrected chi connectivity index (χ3v) is 3.13. The smallest absolute Gasteiger partial charge is 0.123 e. The summed E-state index contributed by atoms with van der Waals surface area (Å²) in [7, 11) is 0. The van der Waals surface area contributed by atoms with Gasteiger partial charge in [-0.1, -0.05) is 41.9 Å². The Bertz CT molecular complexity index is 499. The van der Waals surface area contributed by atoms with Crippen LogP contribution in [0.4, 0.5) is 4.39 Å². The quantitative estimate of drug-likeness (QED) is 0.809. The monoisotopic (exact) mass is 263 g/mol. The molecule has 0 fully saturated rings. The first-order valence-corrected chi connectivity index (χ1v) is 6.32. The molecule has 18 heavy (non-hydrogen) atoms. The van der Waals surface area contributed by atoms with E-state index in [-0.39, 0.29) is 5.82 Å². The van der Waals surface area contributed by atoms with Crippen molar-refractivity contribution in [3.63, 3.8) is 0 Å². The standard InChI is InChI=1S/C15H15ClFN/c16-15-7-6-14(17)10-13(15)11-18-9-8-12-4-2-1-3-5-12/h1-7,10,18H,8-9,11H2. The lowest BCUT2D eigenvalue weighted by Gasteiger charge is -2.07. The molecule has 0 radical (unpaired) electrons. The fourth-order valence-corrected chi connectivity index (χ4v) is 1.96. The lowest BCUT2D eigenvalue weighted by molar-refractivity contribution is 0.620. The van der Waals surface area contributed by atoms with Crippen LogP contribution in [0.15, 0.2) is 48.5 Å². The third-order valence-electron chi connectivity index (χ3n) is 2.76. The minimum atomic E-state index is -0.251. The molecule has 1 nitrogen and oxygen atoms in total. The van der Waals surface area contributed by atoms with Gasteiger partial charge in [-0.05, 0) is 42.3 Å². The van der Waals surface area contributed by atoms with E-state index in [4.69, 9.17) is 11.6 Å². The van der Waals surface area contributed by atoms with Crippen molar-refractivity contribution in [1.29, 1.82) is 0 Å². The molecule has 94 valence electrons. The summed E-state index contributed by atoms with van der Waals surface area (Å²) in [5.41, 5.74) is 2.08. The highest BCUT2D eigenvalue weighted by atomic mass is 35.5. The molecular weight excluding hydrogens is 249 g/mol. The van der Waals surface area contributed by atoms with Gasteiger partial charge in [0.2, 0.25) is 0 Å². The number of halogens is 2. The molecular formula is C15H15ClFN. The maximum atomic E-state index is 13.0. The van der Waals surface area contributed by atoms with Crippen LogP contribution in [0, 0.1) is 5.82 Å². The Hall–Kier alpha value is -1.38. The van der Waals surface area contributed by atoms with Crippen molar-refractivity contribution < 1.29 is 4.39 Å². The summed E-state index contributed by atoms with van der Waals surface area (Å²) >= 11 is 5.99. The van der Waals surface area contributed by atoms with Gasteiger partial charge in [0.15, 0.2) is 0 Å². The average molecular weight is 264 g/mol. The lowest BCUT2D eigenvalue weighted by atomic mass is 10.1. The summed E-state index contributed by atoms with van der Waals surface area (Å²) in [5, 5.41) is 3.87. The predicted octanol–water partition coefficient (Wildman–Crippen LogP) is 3.81. The molecule has 0 aliphatic heterocycles. The van der Waals surface area contributed by atoms with E-state index in [0.717, 1.165) is 18.5 Å². The zero-order valence-electron chi connectivity index (χ0n) is 10.00. The van der Waals surface area contributed by atoms with Crippen LogP contribution < -0.4 is 5.32 Å². The second kappa shape index (κ2) is 6.53. The van der Waals surface area contributed by atoms with Gasteiger partial charge in [0.25, 0.3) is 0 Å². The Balaban J connectivity index is 1.80. The Morgan fingerprint density at radius 2 is 1.83 bits per heavy atom.